The van der Waals surface area contributed by atoms with Crippen LogP contribution in [0.2, 0.25) is 0 Å². The van der Waals surface area contributed by atoms with Gasteiger partial charge < -0.3 is 15.0 Å². The Labute approximate surface area is 152 Å². The summed E-state index contributed by atoms with van der Waals surface area (Å²) in [5.74, 6) is 2.19. The molecule has 2 unspecified atom stereocenters. The zero-order valence-electron chi connectivity index (χ0n) is 15.1. The second-order valence-corrected chi connectivity index (χ2v) is 6.54. The predicted octanol–water partition coefficient (Wildman–Crippen LogP) is 3.49. The van der Waals surface area contributed by atoms with Crippen LogP contribution in [0.1, 0.15) is 38.7 Å². The Kier molecular flexibility index (Phi) is 9.16. The van der Waals surface area contributed by atoms with Crippen LogP contribution in [0, 0.1) is 11.8 Å². The number of amides is 1. The quantitative estimate of drug-likeness (QED) is 0.814. The summed E-state index contributed by atoms with van der Waals surface area (Å²) in [6.07, 6.45) is 3.12. The molecule has 2 atom stereocenters. The Morgan fingerprint density at radius 3 is 2.62 bits per heavy atom. The third kappa shape index (κ3) is 5.99. The summed E-state index contributed by atoms with van der Waals surface area (Å²) in [6, 6.07) is 7.96. The highest BCUT2D eigenvalue weighted by Crippen LogP contribution is 2.23. The molecule has 0 bridgehead atoms. The van der Waals surface area contributed by atoms with Gasteiger partial charge in [-0.25, -0.2) is 0 Å². The van der Waals surface area contributed by atoms with Crippen LogP contribution in [0.3, 0.4) is 0 Å². The van der Waals surface area contributed by atoms with E-state index in [0.29, 0.717) is 24.8 Å². The van der Waals surface area contributed by atoms with Crippen LogP contribution in [0.25, 0.3) is 0 Å². The molecule has 5 heteroatoms. The second kappa shape index (κ2) is 10.6. The fraction of sp³-hybridized carbons (Fsp3) is 0.632. The minimum absolute atomic E-state index is 0. The van der Waals surface area contributed by atoms with Crippen molar-refractivity contribution in [3.8, 4) is 5.75 Å². The van der Waals surface area contributed by atoms with E-state index in [1.165, 1.54) is 12.8 Å². The molecular formula is C19H31ClN2O2. The number of benzene rings is 1. The highest BCUT2D eigenvalue weighted by molar-refractivity contribution is 5.85. The number of piperidine rings is 1. The van der Waals surface area contributed by atoms with Crippen molar-refractivity contribution in [2.24, 2.45) is 11.8 Å². The van der Waals surface area contributed by atoms with Crippen LogP contribution in [0.5, 0.6) is 5.75 Å². The van der Waals surface area contributed by atoms with Gasteiger partial charge in [0.15, 0.2) is 0 Å². The second-order valence-electron chi connectivity index (χ2n) is 6.54. The highest BCUT2D eigenvalue weighted by atomic mass is 35.5. The Hall–Kier alpha value is -1.26. The number of carbonyl (C=O) groups excluding carboxylic acids is 1. The fourth-order valence-electron chi connectivity index (χ4n) is 3.26. The lowest BCUT2D eigenvalue weighted by atomic mass is 9.85. The van der Waals surface area contributed by atoms with E-state index in [1.807, 2.05) is 36.1 Å². The predicted molar refractivity (Wildman–Crippen MR) is 101 cm³/mol. The number of hydrogen-bond acceptors (Lipinski definition) is 3. The molecule has 0 saturated carbocycles. The number of nitrogens with one attached hydrogen (secondary N) is 1. The van der Waals surface area contributed by atoms with Gasteiger partial charge in [0.25, 0.3) is 0 Å². The molecule has 136 valence electrons. The average molecular weight is 355 g/mol. The lowest BCUT2D eigenvalue weighted by Gasteiger charge is -2.30. The molecule has 24 heavy (non-hydrogen) atoms. The van der Waals surface area contributed by atoms with Gasteiger partial charge in [-0.3, -0.25) is 4.79 Å². The molecule has 1 fully saturated rings. The van der Waals surface area contributed by atoms with Crippen molar-refractivity contribution >= 4 is 18.3 Å². The normalized spacial score (nSPS) is 18.4. The molecule has 0 aromatic heterocycles. The maximum absolute atomic E-state index is 12.6. The Morgan fingerprint density at radius 2 is 2.08 bits per heavy atom. The maximum Gasteiger partial charge on any atom is 0.223 e. The van der Waals surface area contributed by atoms with Crippen molar-refractivity contribution in [1.82, 2.24) is 10.2 Å². The Morgan fingerprint density at radius 1 is 1.38 bits per heavy atom. The van der Waals surface area contributed by atoms with Gasteiger partial charge in [-0.2, -0.15) is 0 Å². The standard InChI is InChI=1S/C19H30N2O2.ClH/c1-4-21(14-16-7-9-18(23-3)10-8-16)19(22)12-15(2)17-6-5-11-20-13-17;/h7-10,15,17,20H,4-6,11-14H2,1-3H3;1H. The van der Waals surface area contributed by atoms with Crippen molar-refractivity contribution in [2.75, 3.05) is 26.7 Å². The summed E-state index contributed by atoms with van der Waals surface area (Å²) in [5.41, 5.74) is 1.15. The van der Waals surface area contributed by atoms with Crippen molar-refractivity contribution in [3.05, 3.63) is 29.8 Å². The van der Waals surface area contributed by atoms with E-state index in [0.717, 1.165) is 30.9 Å². The lowest BCUT2D eigenvalue weighted by Crippen LogP contribution is -2.37. The molecule has 2 rings (SSSR count). The van der Waals surface area contributed by atoms with E-state index in [-0.39, 0.29) is 18.3 Å². The van der Waals surface area contributed by atoms with E-state index in [2.05, 4.69) is 12.2 Å². The third-order valence-electron chi connectivity index (χ3n) is 4.90. The molecule has 1 aromatic carbocycles. The van der Waals surface area contributed by atoms with Crippen molar-refractivity contribution in [1.29, 1.82) is 0 Å². The highest BCUT2D eigenvalue weighted by Gasteiger charge is 2.24. The number of halogens is 1. The van der Waals surface area contributed by atoms with E-state index in [1.54, 1.807) is 7.11 Å². The summed E-state index contributed by atoms with van der Waals surface area (Å²) in [4.78, 5) is 14.6. The van der Waals surface area contributed by atoms with Crippen molar-refractivity contribution in [3.63, 3.8) is 0 Å². The van der Waals surface area contributed by atoms with Crippen LogP contribution in [0.4, 0.5) is 0 Å². The van der Waals surface area contributed by atoms with Crippen LogP contribution in [0.15, 0.2) is 24.3 Å². The topological polar surface area (TPSA) is 41.6 Å². The summed E-state index contributed by atoms with van der Waals surface area (Å²) < 4.78 is 5.18. The minimum Gasteiger partial charge on any atom is -0.497 e. The molecular weight excluding hydrogens is 324 g/mol. The first-order valence-electron chi connectivity index (χ1n) is 8.75. The Balaban J connectivity index is 0.00000288. The van der Waals surface area contributed by atoms with Gasteiger partial charge in [0.2, 0.25) is 5.91 Å². The number of rotatable bonds is 7. The zero-order valence-corrected chi connectivity index (χ0v) is 15.9. The SMILES string of the molecule is CCN(Cc1ccc(OC)cc1)C(=O)CC(C)C1CCCNC1.Cl. The number of carbonyl (C=O) groups is 1. The molecule has 1 N–H and O–H groups in total. The fourth-order valence-corrected chi connectivity index (χ4v) is 3.26. The lowest BCUT2D eigenvalue weighted by molar-refractivity contribution is -0.133. The van der Waals surface area contributed by atoms with E-state index < -0.39 is 0 Å². The van der Waals surface area contributed by atoms with Crippen LogP contribution in [-0.2, 0) is 11.3 Å². The third-order valence-corrected chi connectivity index (χ3v) is 4.90. The molecule has 1 aliphatic rings. The smallest absolute Gasteiger partial charge is 0.223 e. The van der Waals surface area contributed by atoms with Crippen LogP contribution >= 0.6 is 12.4 Å². The monoisotopic (exact) mass is 354 g/mol. The number of ether oxygens (including phenoxy) is 1. The summed E-state index contributed by atoms with van der Waals surface area (Å²) >= 11 is 0. The van der Waals surface area contributed by atoms with Crippen molar-refractivity contribution in [2.45, 2.75) is 39.7 Å². The van der Waals surface area contributed by atoms with Gasteiger partial charge in [0.1, 0.15) is 5.75 Å². The Bertz CT molecular complexity index is 487. The molecule has 1 heterocycles. The minimum atomic E-state index is 0. The first-order chi connectivity index (χ1) is 11.1. The van der Waals surface area contributed by atoms with Crippen LogP contribution in [-0.4, -0.2) is 37.6 Å². The molecule has 0 spiro atoms. The van der Waals surface area contributed by atoms with Crippen molar-refractivity contribution < 1.29 is 9.53 Å². The average Bonchev–Trinajstić information content (AvgIpc) is 2.60. The van der Waals surface area contributed by atoms with E-state index >= 15 is 0 Å². The van der Waals surface area contributed by atoms with Gasteiger partial charge in [0, 0.05) is 19.5 Å². The molecule has 1 saturated heterocycles. The first kappa shape index (κ1) is 20.8. The zero-order chi connectivity index (χ0) is 16.7. The van der Waals surface area contributed by atoms with E-state index in [9.17, 15) is 4.79 Å². The van der Waals surface area contributed by atoms with E-state index in [4.69, 9.17) is 4.74 Å². The molecule has 1 aliphatic heterocycles. The maximum atomic E-state index is 12.6. The van der Waals surface area contributed by atoms with Gasteiger partial charge in [-0.15, -0.1) is 12.4 Å². The van der Waals surface area contributed by atoms with Gasteiger partial charge >= 0.3 is 0 Å². The largest absolute Gasteiger partial charge is 0.497 e. The van der Waals surface area contributed by atoms with Gasteiger partial charge in [-0.1, -0.05) is 19.1 Å². The number of methoxy groups -OCH3 is 1. The van der Waals surface area contributed by atoms with Gasteiger partial charge in [-0.05, 0) is 62.4 Å². The summed E-state index contributed by atoms with van der Waals surface area (Å²) in [5, 5.41) is 3.45. The first-order valence-corrected chi connectivity index (χ1v) is 8.75. The molecule has 0 radical (unpaired) electrons. The van der Waals surface area contributed by atoms with Crippen LogP contribution < -0.4 is 10.1 Å². The molecule has 0 aliphatic carbocycles. The summed E-state index contributed by atoms with van der Waals surface area (Å²) in [6.45, 7) is 7.87. The number of hydrogen-bond donors (Lipinski definition) is 1. The summed E-state index contributed by atoms with van der Waals surface area (Å²) in [7, 11) is 1.67. The molecule has 1 aromatic rings. The van der Waals surface area contributed by atoms with Gasteiger partial charge in [0.05, 0.1) is 7.11 Å². The molecule has 4 nitrogen and oxygen atoms in total. The molecule has 1 amide bonds. The number of nitrogens with zero attached hydrogens (tertiary/aromatic N) is 1.